The Labute approximate surface area is 195 Å². The van der Waals surface area contributed by atoms with Crippen molar-refractivity contribution in [3.05, 3.63) is 89.2 Å². The number of fused-ring (bicyclic) bond motifs is 2. The number of nitrogens with two attached hydrogens (primary N) is 1. The van der Waals surface area contributed by atoms with E-state index in [1.54, 1.807) is 49.4 Å². The van der Waals surface area contributed by atoms with E-state index in [1.807, 2.05) is 19.1 Å². The maximum Gasteiger partial charge on any atom is 0.212 e. The van der Waals surface area contributed by atoms with Crippen molar-refractivity contribution in [1.29, 1.82) is 0 Å². The lowest BCUT2D eigenvalue weighted by molar-refractivity contribution is 0.596. The van der Waals surface area contributed by atoms with Crippen LogP contribution in [0.5, 0.6) is 0 Å². The van der Waals surface area contributed by atoms with Crippen LogP contribution in [0, 0.1) is 19.7 Å². The Morgan fingerprint density at radius 3 is 2.35 bits per heavy atom. The Kier molecular flexibility index (Phi) is 5.13. The number of halogens is 1. The van der Waals surface area contributed by atoms with Crippen LogP contribution in [0.1, 0.15) is 16.7 Å². The molecule has 0 radical (unpaired) electrons. The third kappa shape index (κ3) is 3.60. The Hall–Kier alpha value is -4.11. The Morgan fingerprint density at radius 1 is 0.971 bits per heavy atom. The van der Waals surface area contributed by atoms with Gasteiger partial charge in [-0.15, -0.1) is 0 Å². The zero-order chi connectivity index (χ0) is 24.0. The van der Waals surface area contributed by atoms with Crippen LogP contribution in [0.3, 0.4) is 0 Å². The molecule has 0 aliphatic heterocycles. The molecule has 2 aromatic heterocycles. The Bertz CT molecular complexity index is 1710. The summed E-state index contributed by atoms with van der Waals surface area (Å²) in [6.45, 7) is 3.56. The number of hydrogen-bond acceptors (Lipinski definition) is 6. The molecule has 0 aliphatic carbocycles. The van der Waals surface area contributed by atoms with Crippen molar-refractivity contribution in [2.24, 2.45) is 5.10 Å². The normalized spacial score (nSPS) is 12.2. The molecule has 0 saturated carbocycles. The van der Waals surface area contributed by atoms with Gasteiger partial charge in [0.15, 0.2) is 5.65 Å². The minimum atomic E-state index is -4.06. The van der Waals surface area contributed by atoms with Crippen LogP contribution in [0.4, 0.5) is 10.2 Å². The van der Waals surface area contributed by atoms with E-state index in [-0.39, 0.29) is 32.6 Å². The molecule has 34 heavy (non-hydrogen) atoms. The molecular weight excluding hydrogens is 453 g/mol. The standard InChI is InChI=1S/C25H20FN5O2S/c1-15-7-8-16(2)21(13-15)34(32,33)23-22-25(30-20-6-4-3-5-19(20)29-22)31(24(23)27)28-14-17-9-11-18(26)12-10-17/h3-14H,27H2,1-2H3/b28-14-. The fourth-order valence-corrected chi connectivity index (χ4v) is 5.59. The summed E-state index contributed by atoms with van der Waals surface area (Å²) in [6.07, 6.45) is 1.46. The number of aryl methyl sites for hydroxylation is 2. The second-order valence-electron chi connectivity index (χ2n) is 7.98. The first-order valence-corrected chi connectivity index (χ1v) is 11.9. The van der Waals surface area contributed by atoms with E-state index in [0.717, 1.165) is 5.56 Å². The lowest BCUT2D eigenvalue weighted by atomic mass is 10.2. The van der Waals surface area contributed by atoms with E-state index < -0.39 is 9.84 Å². The van der Waals surface area contributed by atoms with Crippen LogP contribution in [0.15, 0.2) is 81.6 Å². The van der Waals surface area contributed by atoms with Crippen LogP contribution >= 0.6 is 0 Å². The zero-order valence-corrected chi connectivity index (χ0v) is 19.2. The molecule has 0 saturated heterocycles. The highest BCUT2D eigenvalue weighted by Gasteiger charge is 2.31. The fraction of sp³-hybridized carbons (Fsp3) is 0.0800. The number of anilines is 1. The number of rotatable bonds is 4. The summed E-state index contributed by atoms with van der Waals surface area (Å²) in [5.41, 5.74) is 9.86. The van der Waals surface area contributed by atoms with Gasteiger partial charge < -0.3 is 5.73 Å². The average Bonchev–Trinajstić information content (AvgIpc) is 3.09. The average molecular weight is 474 g/mol. The Balaban J connectivity index is 1.81. The summed E-state index contributed by atoms with van der Waals surface area (Å²) in [4.78, 5) is 9.22. The first-order valence-electron chi connectivity index (χ1n) is 10.4. The quantitative estimate of drug-likeness (QED) is 0.383. The number of sulfone groups is 1. The van der Waals surface area contributed by atoms with E-state index in [1.165, 1.54) is 23.0 Å². The molecule has 170 valence electrons. The number of hydrogen-bond donors (Lipinski definition) is 1. The van der Waals surface area contributed by atoms with Gasteiger partial charge in [-0.3, -0.25) is 0 Å². The van der Waals surface area contributed by atoms with Crippen molar-refractivity contribution >= 4 is 44.1 Å². The van der Waals surface area contributed by atoms with Crippen LogP contribution < -0.4 is 5.73 Å². The molecule has 5 aromatic rings. The second-order valence-corrected chi connectivity index (χ2v) is 9.83. The van der Waals surface area contributed by atoms with Gasteiger partial charge >= 0.3 is 0 Å². The topological polar surface area (TPSA) is 103 Å². The summed E-state index contributed by atoms with van der Waals surface area (Å²) < 4.78 is 42.2. The summed E-state index contributed by atoms with van der Waals surface area (Å²) >= 11 is 0. The minimum absolute atomic E-state index is 0.107. The summed E-state index contributed by atoms with van der Waals surface area (Å²) in [5, 5.41) is 4.39. The molecule has 0 amide bonds. The van der Waals surface area contributed by atoms with E-state index >= 15 is 0 Å². The molecule has 0 unspecified atom stereocenters. The largest absolute Gasteiger partial charge is 0.382 e. The van der Waals surface area contributed by atoms with E-state index in [2.05, 4.69) is 15.1 Å². The van der Waals surface area contributed by atoms with Crippen molar-refractivity contribution in [3.8, 4) is 0 Å². The lowest BCUT2D eigenvalue weighted by Crippen LogP contribution is -2.08. The lowest BCUT2D eigenvalue weighted by Gasteiger charge is -2.09. The van der Waals surface area contributed by atoms with Crippen LogP contribution in [0.25, 0.3) is 22.2 Å². The highest BCUT2D eigenvalue weighted by molar-refractivity contribution is 7.92. The molecule has 0 spiro atoms. The maximum atomic E-state index is 13.8. The van der Waals surface area contributed by atoms with E-state index in [4.69, 9.17) is 5.73 Å². The van der Waals surface area contributed by atoms with Gasteiger partial charge in [0, 0.05) is 0 Å². The SMILES string of the molecule is Cc1ccc(C)c(S(=O)(=O)c2c(N)n(/N=C\c3ccc(F)cc3)c3nc4ccccc4nc23)c1. The molecule has 5 rings (SSSR count). The molecule has 9 heteroatoms. The van der Waals surface area contributed by atoms with Gasteiger partial charge in [0.1, 0.15) is 22.0 Å². The van der Waals surface area contributed by atoms with Crippen molar-refractivity contribution in [3.63, 3.8) is 0 Å². The predicted molar refractivity (Wildman–Crippen MR) is 130 cm³/mol. The third-order valence-electron chi connectivity index (χ3n) is 5.52. The smallest absolute Gasteiger partial charge is 0.212 e. The van der Waals surface area contributed by atoms with Crippen LogP contribution in [0.2, 0.25) is 0 Å². The first-order chi connectivity index (χ1) is 16.3. The number of para-hydroxylation sites is 2. The minimum Gasteiger partial charge on any atom is -0.382 e. The molecule has 7 nitrogen and oxygen atoms in total. The van der Waals surface area contributed by atoms with Gasteiger partial charge in [0.05, 0.1) is 22.1 Å². The van der Waals surface area contributed by atoms with Gasteiger partial charge in [-0.1, -0.05) is 36.4 Å². The van der Waals surface area contributed by atoms with Crippen LogP contribution in [-0.4, -0.2) is 29.3 Å². The fourth-order valence-electron chi connectivity index (χ4n) is 3.78. The highest BCUT2D eigenvalue weighted by atomic mass is 32.2. The number of nitrogens with zero attached hydrogens (tertiary/aromatic N) is 4. The summed E-state index contributed by atoms with van der Waals surface area (Å²) in [7, 11) is -4.06. The Morgan fingerprint density at radius 2 is 1.65 bits per heavy atom. The van der Waals surface area contributed by atoms with Crippen molar-refractivity contribution in [1.82, 2.24) is 14.6 Å². The third-order valence-corrected chi connectivity index (χ3v) is 7.48. The van der Waals surface area contributed by atoms with E-state index in [0.29, 0.717) is 22.2 Å². The molecule has 3 aromatic carbocycles. The van der Waals surface area contributed by atoms with Gasteiger partial charge in [0.25, 0.3) is 0 Å². The second kappa shape index (κ2) is 8.03. The molecule has 2 N–H and O–H groups in total. The molecule has 0 aliphatic rings. The zero-order valence-electron chi connectivity index (χ0n) is 18.4. The first kappa shape index (κ1) is 21.7. The number of nitrogen functional groups attached to an aromatic ring is 1. The van der Waals surface area contributed by atoms with Crippen LogP contribution in [-0.2, 0) is 9.84 Å². The number of benzene rings is 3. The van der Waals surface area contributed by atoms with Crippen molar-refractivity contribution in [2.75, 3.05) is 5.73 Å². The molecule has 2 heterocycles. The van der Waals surface area contributed by atoms with Gasteiger partial charge in [-0.05, 0) is 60.9 Å². The van der Waals surface area contributed by atoms with Crippen molar-refractivity contribution < 1.29 is 12.8 Å². The van der Waals surface area contributed by atoms with Gasteiger partial charge in [-0.25, -0.2) is 22.8 Å². The van der Waals surface area contributed by atoms with E-state index in [9.17, 15) is 12.8 Å². The highest BCUT2D eigenvalue weighted by Crippen LogP contribution is 2.36. The molecular formula is C25H20FN5O2S. The monoisotopic (exact) mass is 473 g/mol. The van der Waals surface area contributed by atoms with Crippen molar-refractivity contribution in [2.45, 2.75) is 23.6 Å². The van der Waals surface area contributed by atoms with Gasteiger partial charge in [-0.2, -0.15) is 9.78 Å². The summed E-state index contributed by atoms with van der Waals surface area (Å²) in [6, 6.07) is 18.1. The van der Waals surface area contributed by atoms with Gasteiger partial charge in [0.2, 0.25) is 9.84 Å². The predicted octanol–water partition coefficient (Wildman–Crippen LogP) is 4.64. The molecule has 0 fully saturated rings. The number of aromatic nitrogens is 3. The summed E-state index contributed by atoms with van der Waals surface area (Å²) in [5.74, 6) is -0.480. The molecule has 0 bridgehead atoms. The molecule has 0 atom stereocenters. The maximum absolute atomic E-state index is 13.8.